The number of primary amides is 1. The van der Waals surface area contributed by atoms with Crippen LogP contribution in [0.2, 0.25) is 0 Å². The van der Waals surface area contributed by atoms with Crippen molar-refractivity contribution >= 4 is 17.5 Å². The summed E-state index contributed by atoms with van der Waals surface area (Å²) < 4.78 is 0. The highest BCUT2D eigenvalue weighted by molar-refractivity contribution is 5.92. The molecule has 1 saturated heterocycles. The molecule has 1 aromatic heterocycles. The lowest BCUT2D eigenvalue weighted by Gasteiger charge is -2.32. The van der Waals surface area contributed by atoms with Gasteiger partial charge in [-0.1, -0.05) is 0 Å². The number of nitrogens with zero attached hydrogens (tertiary/aromatic N) is 2. The lowest BCUT2D eigenvalue weighted by atomic mass is 10.0. The molecule has 4 N–H and O–H groups in total. The molecule has 0 atom stereocenters. The fourth-order valence-corrected chi connectivity index (χ4v) is 2.46. The molecule has 1 aliphatic rings. The second-order valence-corrected chi connectivity index (χ2v) is 5.17. The molecule has 114 valence electrons. The first kappa shape index (κ1) is 15.2. The zero-order valence-electron chi connectivity index (χ0n) is 12.1. The largest absolute Gasteiger partial charge is 0.382 e. The highest BCUT2D eigenvalue weighted by Gasteiger charge is 2.20. The monoisotopic (exact) mass is 291 g/mol. The number of amides is 2. The maximum absolute atomic E-state index is 11.6. The van der Waals surface area contributed by atoms with E-state index in [1.54, 1.807) is 19.3 Å². The molecule has 21 heavy (non-hydrogen) atoms. The van der Waals surface area contributed by atoms with Crippen molar-refractivity contribution in [1.29, 1.82) is 0 Å². The first-order valence-corrected chi connectivity index (χ1v) is 7.04. The first-order chi connectivity index (χ1) is 10.1. The standard InChI is InChI=1S/C14H21N5O2/c1-16-14(21)12-8-11(2-5-17-12)18-10-3-6-19(7-4-10)9-13(15)20/h2,5,8,10H,3-4,6-7,9H2,1H3,(H2,15,20)(H,16,21)(H,17,18). The van der Waals surface area contributed by atoms with Gasteiger partial charge in [0, 0.05) is 38.1 Å². The van der Waals surface area contributed by atoms with E-state index in [4.69, 9.17) is 5.73 Å². The van der Waals surface area contributed by atoms with Crippen molar-refractivity contribution in [1.82, 2.24) is 15.2 Å². The summed E-state index contributed by atoms with van der Waals surface area (Å²) in [4.78, 5) is 28.5. The Morgan fingerprint density at radius 1 is 1.43 bits per heavy atom. The van der Waals surface area contributed by atoms with Crippen molar-refractivity contribution < 1.29 is 9.59 Å². The number of rotatable bonds is 5. The molecule has 0 spiro atoms. The fraction of sp³-hybridized carbons (Fsp3) is 0.500. The third-order valence-electron chi connectivity index (χ3n) is 3.56. The van der Waals surface area contributed by atoms with Crippen molar-refractivity contribution in [3.8, 4) is 0 Å². The second kappa shape index (κ2) is 7.03. The normalized spacial score (nSPS) is 16.4. The summed E-state index contributed by atoms with van der Waals surface area (Å²) in [5.74, 6) is -0.485. The Kier molecular flexibility index (Phi) is 5.10. The molecule has 0 radical (unpaired) electrons. The van der Waals surface area contributed by atoms with Crippen LogP contribution in [0.4, 0.5) is 5.69 Å². The molecule has 1 aliphatic heterocycles. The summed E-state index contributed by atoms with van der Waals surface area (Å²) in [6.07, 6.45) is 3.49. The molecular weight excluding hydrogens is 270 g/mol. The summed E-state index contributed by atoms with van der Waals surface area (Å²) in [5, 5.41) is 5.97. The predicted octanol–water partition coefficient (Wildman–Crippen LogP) is -0.197. The quantitative estimate of drug-likeness (QED) is 0.698. The number of carbonyl (C=O) groups is 2. The molecule has 0 saturated carbocycles. The van der Waals surface area contributed by atoms with Crippen LogP contribution in [0.1, 0.15) is 23.3 Å². The van der Waals surface area contributed by atoms with Gasteiger partial charge in [0.1, 0.15) is 5.69 Å². The number of hydrogen-bond donors (Lipinski definition) is 3. The lowest BCUT2D eigenvalue weighted by Crippen LogP contribution is -2.42. The minimum atomic E-state index is -0.286. The number of pyridine rings is 1. The van der Waals surface area contributed by atoms with Crippen molar-refractivity contribution in [3.63, 3.8) is 0 Å². The third-order valence-corrected chi connectivity index (χ3v) is 3.56. The number of nitrogens with one attached hydrogen (secondary N) is 2. The molecule has 7 heteroatoms. The summed E-state index contributed by atoms with van der Waals surface area (Å²) in [5.41, 5.74) is 6.48. The molecular formula is C14H21N5O2. The first-order valence-electron chi connectivity index (χ1n) is 7.04. The van der Waals surface area contributed by atoms with Crippen LogP contribution >= 0.6 is 0 Å². The second-order valence-electron chi connectivity index (χ2n) is 5.17. The van der Waals surface area contributed by atoms with Crippen LogP contribution in [0.15, 0.2) is 18.3 Å². The van der Waals surface area contributed by atoms with Crippen LogP contribution in [0.3, 0.4) is 0 Å². The number of nitrogens with two attached hydrogens (primary N) is 1. The van der Waals surface area contributed by atoms with Crippen molar-refractivity contribution in [3.05, 3.63) is 24.0 Å². The highest BCUT2D eigenvalue weighted by atomic mass is 16.2. The van der Waals surface area contributed by atoms with Crippen LogP contribution in [-0.2, 0) is 4.79 Å². The van der Waals surface area contributed by atoms with E-state index in [0.29, 0.717) is 18.3 Å². The molecule has 0 aromatic carbocycles. The van der Waals surface area contributed by atoms with E-state index in [0.717, 1.165) is 31.6 Å². The number of piperidine rings is 1. The van der Waals surface area contributed by atoms with Crippen molar-refractivity contribution in [2.24, 2.45) is 5.73 Å². The van der Waals surface area contributed by atoms with Gasteiger partial charge in [0.2, 0.25) is 5.91 Å². The smallest absolute Gasteiger partial charge is 0.269 e. The number of anilines is 1. The average molecular weight is 291 g/mol. The molecule has 7 nitrogen and oxygen atoms in total. The van der Waals surface area contributed by atoms with Gasteiger partial charge in [-0.25, -0.2) is 0 Å². The molecule has 0 unspecified atom stereocenters. The summed E-state index contributed by atoms with van der Waals surface area (Å²) >= 11 is 0. The van der Waals surface area contributed by atoms with Crippen molar-refractivity contribution in [2.45, 2.75) is 18.9 Å². The third kappa shape index (κ3) is 4.42. The molecule has 2 heterocycles. The summed E-state index contributed by atoms with van der Waals surface area (Å²) in [7, 11) is 1.58. The Labute approximate surface area is 123 Å². The molecule has 0 bridgehead atoms. The van der Waals surface area contributed by atoms with E-state index in [-0.39, 0.29) is 11.8 Å². The van der Waals surface area contributed by atoms with Gasteiger partial charge in [-0.05, 0) is 25.0 Å². The van der Waals surface area contributed by atoms with Crippen LogP contribution in [0.5, 0.6) is 0 Å². The molecule has 2 amide bonds. The highest BCUT2D eigenvalue weighted by Crippen LogP contribution is 2.16. The predicted molar refractivity (Wildman–Crippen MR) is 79.9 cm³/mol. The van der Waals surface area contributed by atoms with Crippen LogP contribution in [0.25, 0.3) is 0 Å². The van der Waals surface area contributed by atoms with E-state index in [1.165, 1.54) is 0 Å². The molecule has 2 rings (SSSR count). The van der Waals surface area contributed by atoms with E-state index in [1.807, 2.05) is 6.07 Å². The number of likely N-dealkylation sites (tertiary alicyclic amines) is 1. The van der Waals surface area contributed by atoms with Gasteiger partial charge in [0.05, 0.1) is 6.54 Å². The van der Waals surface area contributed by atoms with Gasteiger partial charge >= 0.3 is 0 Å². The summed E-state index contributed by atoms with van der Waals surface area (Å²) in [6, 6.07) is 3.92. The number of hydrogen-bond acceptors (Lipinski definition) is 5. The Hall–Kier alpha value is -2.15. The van der Waals surface area contributed by atoms with Crippen LogP contribution in [-0.4, -0.2) is 54.4 Å². The Balaban J connectivity index is 1.89. The van der Waals surface area contributed by atoms with Crippen LogP contribution < -0.4 is 16.4 Å². The van der Waals surface area contributed by atoms with Crippen molar-refractivity contribution in [2.75, 3.05) is 32.0 Å². The number of carbonyl (C=O) groups excluding carboxylic acids is 2. The van der Waals surface area contributed by atoms with E-state index in [9.17, 15) is 9.59 Å². The zero-order valence-corrected chi connectivity index (χ0v) is 12.1. The van der Waals surface area contributed by atoms with E-state index >= 15 is 0 Å². The van der Waals surface area contributed by atoms with Gasteiger partial charge < -0.3 is 16.4 Å². The molecule has 0 aliphatic carbocycles. The van der Waals surface area contributed by atoms with Gasteiger partial charge in [-0.2, -0.15) is 0 Å². The topological polar surface area (TPSA) is 100 Å². The van der Waals surface area contributed by atoms with Gasteiger partial charge in [0.25, 0.3) is 5.91 Å². The lowest BCUT2D eigenvalue weighted by molar-refractivity contribution is -0.119. The Morgan fingerprint density at radius 3 is 2.76 bits per heavy atom. The minimum absolute atomic E-state index is 0.199. The maximum Gasteiger partial charge on any atom is 0.269 e. The fourth-order valence-electron chi connectivity index (χ4n) is 2.46. The number of aromatic nitrogens is 1. The Morgan fingerprint density at radius 2 is 2.14 bits per heavy atom. The van der Waals surface area contributed by atoms with E-state index in [2.05, 4.69) is 20.5 Å². The van der Waals surface area contributed by atoms with Gasteiger partial charge in [-0.15, -0.1) is 0 Å². The minimum Gasteiger partial charge on any atom is -0.382 e. The molecule has 1 aromatic rings. The molecule has 1 fully saturated rings. The van der Waals surface area contributed by atoms with E-state index < -0.39 is 0 Å². The van der Waals surface area contributed by atoms with Gasteiger partial charge in [-0.3, -0.25) is 19.5 Å². The average Bonchev–Trinajstić information content (AvgIpc) is 2.48. The van der Waals surface area contributed by atoms with Crippen LogP contribution in [0, 0.1) is 0 Å². The van der Waals surface area contributed by atoms with Gasteiger partial charge in [0.15, 0.2) is 0 Å². The Bertz CT molecular complexity index is 512. The summed E-state index contributed by atoms with van der Waals surface area (Å²) in [6.45, 7) is 2.00. The zero-order chi connectivity index (χ0) is 15.2. The SMILES string of the molecule is CNC(=O)c1cc(NC2CCN(CC(N)=O)CC2)ccn1. The maximum atomic E-state index is 11.6.